The van der Waals surface area contributed by atoms with Crippen LogP contribution in [0.3, 0.4) is 0 Å². The first kappa shape index (κ1) is 18.2. The molecule has 0 aliphatic heterocycles. The SMILES string of the molecule is COC(=O)[C@@H]1[C@@H](c2ccccc2)[C@@]2(c3ccccc3)C(C)(C)[C@@]12c1ccccc1. The number of carbonyl (C=O) groups is 1. The first-order valence-electron chi connectivity index (χ1n) is 10.3. The van der Waals surface area contributed by atoms with Gasteiger partial charge in [-0.25, -0.2) is 0 Å². The highest BCUT2D eigenvalue weighted by atomic mass is 16.5. The van der Waals surface area contributed by atoms with Gasteiger partial charge in [0.1, 0.15) is 0 Å². The van der Waals surface area contributed by atoms with Crippen molar-refractivity contribution in [2.45, 2.75) is 30.6 Å². The fourth-order valence-corrected chi connectivity index (χ4v) is 7.10. The van der Waals surface area contributed by atoms with Gasteiger partial charge in [0.15, 0.2) is 0 Å². The number of carbonyl (C=O) groups excluding carboxylic acids is 1. The van der Waals surface area contributed by atoms with Gasteiger partial charge in [-0.2, -0.15) is 0 Å². The summed E-state index contributed by atoms with van der Waals surface area (Å²) in [6, 6.07) is 31.8. The lowest BCUT2D eigenvalue weighted by atomic mass is 9.51. The normalized spacial score (nSPS) is 31.3. The molecule has 29 heavy (non-hydrogen) atoms. The predicted molar refractivity (Wildman–Crippen MR) is 115 cm³/mol. The van der Waals surface area contributed by atoms with E-state index in [-0.39, 0.29) is 34.1 Å². The second kappa shape index (κ2) is 6.06. The van der Waals surface area contributed by atoms with Gasteiger partial charge in [0.25, 0.3) is 0 Å². The molecule has 2 fully saturated rings. The van der Waals surface area contributed by atoms with Gasteiger partial charge in [-0.15, -0.1) is 0 Å². The first-order chi connectivity index (χ1) is 14.0. The molecule has 0 amide bonds. The van der Waals surface area contributed by atoms with E-state index in [1.807, 2.05) is 12.1 Å². The van der Waals surface area contributed by atoms with Crippen molar-refractivity contribution >= 4 is 5.97 Å². The molecular weight excluding hydrogens is 356 g/mol. The van der Waals surface area contributed by atoms with Crippen LogP contribution in [0.15, 0.2) is 91.0 Å². The summed E-state index contributed by atoms with van der Waals surface area (Å²) in [6.07, 6.45) is 0. The fraction of sp³-hybridized carbons (Fsp3) is 0.296. The van der Waals surface area contributed by atoms with E-state index in [2.05, 4.69) is 92.7 Å². The highest BCUT2D eigenvalue weighted by molar-refractivity contribution is 5.86. The third-order valence-electron chi connectivity index (χ3n) is 7.87. The summed E-state index contributed by atoms with van der Waals surface area (Å²) >= 11 is 0. The molecule has 0 aromatic heterocycles. The Hall–Kier alpha value is -2.87. The largest absolute Gasteiger partial charge is 0.469 e. The van der Waals surface area contributed by atoms with Crippen LogP contribution in [0.25, 0.3) is 0 Å². The van der Waals surface area contributed by atoms with E-state index >= 15 is 0 Å². The Bertz CT molecular complexity index is 1040. The number of esters is 1. The topological polar surface area (TPSA) is 26.3 Å². The molecule has 3 aromatic carbocycles. The molecule has 5 rings (SSSR count). The molecule has 3 aromatic rings. The monoisotopic (exact) mass is 382 g/mol. The van der Waals surface area contributed by atoms with Gasteiger partial charge in [0.2, 0.25) is 0 Å². The minimum atomic E-state index is -0.282. The number of ether oxygens (including phenoxy) is 1. The number of fused-ring (bicyclic) bond motifs is 1. The number of hydrogen-bond acceptors (Lipinski definition) is 2. The maximum atomic E-state index is 13.2. The standard InChI is InChI=1S/C27H26O2/c1-25(2)26(20-15-9-5-10-16-20)22(19-13-7-4-8-14-19)23(24(28)29-3)27(25,26)21-17-11-6-12-18-21/h4-18,22-23H,1-3H3/t22-,23+,26+,27-/m1/s1. The maximum absolute atomic E-state index is 13.2. The van der Waals surface area contributed by atoms with Crippen LogP contribution in [0, 0.1) is 11.3 Å². The molecule has 0 spiro atoms. The van der Waals surface area contributed by atoms with Gasteiger partial charge >= 0.3 is 5.97 Å². The van der Waals surface area contributed by atoms with Gasteiger partial charge in [-0.05, 0) is 22.1 Å². The number of rotatable bonds is 4. The lowest BCUT2D eigenvalue weighted by molar-refractivity contribution is -0.152. The highest BCUT2D eigenvalue weighted by Gasteiger charge is 2.97. The van der Waals surface area contributed by atoms with E-state index < -0.39 is 0 Å². The number of methoxy groups -OCH3 is 1. The lowest BCUT2D eigenvalue weighted by Crippen LogP contribution is -2.54. The van der Waals surface area contributed by atoms with Crippen LogP contribution in [-0.4, -0.2) is 13.1 Å². The van der Waals surface area contributed by atoms with Gasteiger partial charge < -0.3 is 4.74 Å². The molecule has 2 nitrogen and oxygen atoms in total. The predicted octanol–water partition coefficient (Wildman–Crippen LogP) is 5.49. The van der Waals surface area contributed by atoms with Crippen LogP contribution in [0.4, 0.5) is 0 Å². The lowest BCUT2D eigenvalue weighted by Gasteiger charge is -2.50. The minimum absolute atomic E-state index is 0.0776. The van der Waals surface area contributed by atoms with Crippen molar-refractivity contribution in [3.05, 3.63) is 108 Å². The number of benzene rings is 3. The Labute approximate surface area is 172 Å². The molecule has 146 valence electrons. The molecule has 0 unspecified atom stereocenters. The van der Waals surface area contributed by atoms with Crippen LogP contribution in [0.5, 0.6) is 0 Å². The van der Waals surface area contributed by atoms with Crippen LogP contribution >= 0.6 is 0 Å². The quantitative estimate of drug-likeness (QED) is 0.558. The van der Waals surface area contributed by atoms with Crippen LogP contribution in [0.1, 0.15) is 36.5 Å². The van der Waals surface area contributed by atoms with Crippen molar-refractivity contribution in [1.82, 2.24) is 0 Å². The van der Waals surface area contributed by atoms with Crippen molar-refractivity contribution in [2.75, 3.05) is 7.11 Å². The molecule has 4 atom stereocenters. The fourth-order valence-electron chi connectivity index (χ4n) is 7.10. The zero-order valence-corrected chi connectivity index (χ0v) is 17.1. The summed E-state index contributed by atoms with van der Waals surface area (Å²) in [5, 5.41) is 0. The van der Waals surface area contributed by atoms with Gasteiger partial charge in [0, 0.05) is 16.7 Å². The summed E-state index contributed by atoms with van der Waals surface area (Å²) in [6.45, 7) is 4.65. The van der Waals surface area contributed by atoms with E-state index in [1.165, 1.54) is 23.8 Å². The average molecular weight is 383 g/mol. The molecule has 2 aliphatic carbocycles. The molecule has 0 bridgehead atoms. The average Bonchev–Trinajstić information content (AvgIpc) is 3.13. The Morgan fingerprint density at radius 3 is 1.66 bits per heavy atom. The smallest absolute Gasteiger partial charge is 0.310 e. The summed E-state index contributed by atoms with van der Waals surface area (Å²) in [4.78, 5) is 13.2. The van der Waals surface area contributed by atoms with E-state index in [9.17, 15) is 4.79 Å². The highest BCUT2D eigenvalue weighted by Crippen LogP contribution is 2.94. The molecule has 0 radical (unpaired) electrons. The van der Waals surface area contributed by atoms with Crippen molar-refractivity contribution in [3.8, 4) is 0 Å². The maximum Gasteiger partial charge on any atom is 0.310 e. The van der Waals surface area contributed by atoms with Gasteiger partial charge in [-0.1, -0.05) is 105 Å². The molecule has 2 heteroatoms. The van der Waals surface area contributed by atoms with Crippen molar-refractivity contribution < 1.29 is 9.53 Å². The van der Waals surface area contributed by atoms with E-state index in [4.69, 9.17) is 4.74 Å². The van der Waals surface area contributed by atoms with Crippen molar-refractivity contribution in [2.24, 2.45) is 11.3 Å². The van der Waals surface area contributed by atoms with E-state index in [1.54, 1.807) is 0 Å². The second-order valence-corrected chi connectivity index (χ2v) is 8.86. The zero-order valence-electron chi connectivity index (χ0n) is 17.1. The Kier molecular flexibility index (Phi) is 3.80. The molecule has 2 aliphatic rings. The summed E-state index contributed by atoms with van der Waals surface area (Å²) < 4.78 is 5.38. The Balaban J connectivity index is 1.82. The third-order valence-corrected chi connectivity index (χ3v) is 7.87. The molecule has 0 N–H and O–H groups in total. The third kappa shape index (κ3) is 1.90. The molecular formula is C27H26O2. The van der Waals surface area contributed by atoms with Gasteiger partial charge in [-0.3, -0.25) is 4.79 Å². The Morgan fingerprint density at radius 1 is 0.724 bits per heavy atom. The van der Waals surface area contributed by atoms with E-state index in [0.29, 0.717) is 0 Å². The van der Waals surface area contributed by atoms with Crippen LogP contribution in [-0.2, 0) is 20.4 Å². The second-order valence-electron chi connectivity index (χ2n) is 8.86. The summed E-state index contributed by atoms with van der Waals surface area (Å²) in [5.41, 5.74) is 3.23. The summed E-state index contributed by atoms with van der Waals surface area (Å²) in [7, 11) is 1.51. The molecule has 2 saturated carbocycles. The van der Waals surface area contributed by atoms with Crippen LogP contribution in [0.2, 0.25) is 0 Å². The first-order valence-corrected chi connectivity index (χ1v) is 10.3. The Morgan fingerprint density at radius 2 is 1.17 bits per heavy atom. The van der Waals surface area contributed by atoms with Gasteiger partial charge in [0.05, 0.1) is 13.0 Å². The van der Waals surface area contributed by atoms with Crippen molar-refractivity contribution in [3.63, 3.8) is 0 Å². The number of hydrogen-bond donors (Lipinski definition) is 0. The minimum Gasteiger partial charge on any atom is -0.469 e. The van der Waals surface area contributed by atoms with E-state index in [0.717, 1.165) is 0 Å². The summed E-state index contributed by atoms with van der Waals surface area (Å²) in [5.74, 6) is -0.249. The molecule has 0 heterocycles. The van der Waals surface area contributed by atoms with Crippen LogP contribution < -0.4 is 0 Å². The molecule has 0 saturated heterocycles. The zero-order chi connectivity index (χ0) is 20.3. The van der Waals surface area contributed by atoms with Crippen molar-refractivity contribution in [1.29, 1.82) is 0 Å².